The van der Waals surface area contributed by atoms with E-state index in [-0.39, 0.29) is 18.3 Å². The lowest BCUT2D eigenvalue weighted by Crippen LogP contribution is -2.23. The zero-order valence-corrected chi connectivity index (χ0v) is 18.3. The summed E-state index contributed by atoms with van der Waals surface area (Å²) >= 11 is 0. The van der Waals surface area contributed by atoms with E-state index in [0.29, 0.717) is 22.8 Å². The third-order valence-electron chi connectivity index (χ3n) is 5.98. The van der Waals surface area contributed by atoms with Crippen molar-refractivity contribution in [3.63, 3.8) is 0 Å². The molecule has 168 valence electrons. The van der Waals surface area contributed by atoms with Crippen LogP contribution < -0.4 is 16.0 Å². The second kappa shape index (κ2) is 8.99. The van der Waals surface area contributed by atoms with Gasteiger partial charge in [-0.1, -0.05) is 29.8 Å². The number of amides is 1. The highest BCUT2D eigenvalue weighted by molar-refractivity contribution is 6.00. The van der Waals surface area contributed by atoms with Crippen LogP contribution in [0, 0.1) is 12.7 Å². The molecule has 1 unspecified atom stereocenters. The van der Waals surface area contributed by atoms with Crippen LogP contribution in [0.1, 0.15) is 27.9 Å². The number of H-pyrrole nitrogens is 1. The van der Waals surface area contributed by atoms with Crippen molar-refractivity contribution in [2.75, 3.05) is 18.4 Å². The fraction of sp³-hybridized carbons (Fsp3) is 0.240. The molecule has 1 aliphatic heterocycles. The topological polar surface area (TPSA) is 94.7 Å². The van der Waals surface area contributed by atoms with Gasteiger partial charge in [0.2, 0.25) is 0 Å². The Morgan fingerprint density at radius 3 is 2.79 bits per heavy atom. The van der Waals surface area contributed by atoms with Crippen LogP contribution in [-0.2, 0) is 6.54 Å². The molecule has 4 N–H and O–H groups in total. The molecule has 2 aromatic carbocycles. The second-order valence-corrected chi connectivity index (χ2v) is 8.34. The predicted molar refractivity (Wildman–Crippen MR) is 127 cm³/mol. The number of anilines is 1. The Labute approximate surface area is 190 Å². The molecular weight excluding hydrogens is 419 g/mol. The summed E-state index contributed by atoms with van der Waals surface area (Å²) in [6.07, 6.45) is 2.70. The van der Waals surface area contributed by atoms with Crippen LogP contribution in [0.25, 0.3) is 22.2 Å². The first-order chi connectivity index (χ1) is 16.1. The van der Waals surface area contributed by atoms with E-state index in [1.807, 2.05) is 31.2 Å². The number of aromatic nitrogens is 3. The molecule has 5 rings (SSSR count). The van der Waals surface area contributed by atoms with Gasteiger partial charge in [-0.2, -0.15) is 5.10 Å². The second-order valence-electron chi connectivity index (χ2n) is 8.34. The zero-order chi connectivity index (χ0) is 22.8. The normalized spacial score (nSPS) is 15.6. The highest BCUT2D eigenvalue weighted by Gasteiger charge is 2.19. The Bertz CT molecular complexity index is 1290. The summed E-state index contributed by atoms with van der Waals surface area (Å²) < 4.78 is 15.0. The summed E-state index contributed by atoms with van der Waals surface area (Å²) in [5.41, 5.74) is 4.27. The van der Waals surface area contributed by atoms with Crippen LogP contribution in [0.4, 0.5) is 10.2 Å². The third kappa shape index (κ3) is 4.42. The lowest BCUT2D eigenvalue weighted by Gasteiger charge is -2.12. The molecule has 7 nitrogen and oxygen atoms in total. The molecule has 33 heavy (non-hydrogen) atoms. The molecule has 0 radical (unpaired) electrons. The van der Waals surface area contributed by atoms with Gasteiger partial charge in [0.05, 0.1) is 5.39 Å². The number of rotatable bonds is 6. The smallest absolute Gasteiger partial charge is 0.251 e. The highest BCUT2D eigenvalue weighted by atomic mass is 19.1. The lowest BCUT2D eigenvalue weighted by molar-refractivity contribution is 0.0950. The third-order valence-corrected chi connectivity index (χ3v) is 5.98. The largest absolute Gasteiger partial charge is 0.364 e. The van der Waals surface area contributed by atoms with Crippen LogP contribution in [-0.4, -0.2) is 40.2 Å². The van der Waals surface area contributed by atoms with Gasteiger partial charge in [-0.25, -0.2) is 9.37 Å². The molecule has 1 saturated heterocycles. The average molecular weight is 445 g/mol. The van der Waals surface area contributed by atoms with Gasteiger partial charge in [-0.05, 0) is 55.3 Å². The van der Waals surface area contributed by atoms with Gasteiger partial charge >= 0.3 is 0 Å². The van der Waals surface area contributed by atoms with E-state index in [0.717, 1.165) is 47.4 Å². The predicted octanol–water partition coefficient (Wildman–Crippen LogP) is 3.78. The molecule has 0 saturated carbocycles. The van der Waals surface area contributed by atoms with Gasteiger partial charge in [-0.3, -0.25) is 9.89 Å². The number of nitrogens with one attached hydrogen (secondary N) is 4. The van der Waals surface area contributed by atoms with Gasteiger partial charge in [-0.15, -0.1) is 0 Å². The molecule has 2 aromatic heterocycles. The summed E-state index contributed by atoms with van der Waals surface area (Å²) in [6.45, 7) is 3.92. The van der Waals surface area contributed by atoms with Gasteiger partial charge in [0, 0.05) is 36.5 Å². The minimum Gasteiger partial charge on any atom is -0.364 e. The van der Waals surface area contributed by atoms with E-state index < -0.39 is 0 Å². The maximum atomic E-state index is 15.0. The number of carbonyl (C=O) groups excluding carboxylic acids is 1. The molecular formula is C25H25FN6O. The number of pyridine rings is 1. The number of fused-ring (bicyclic) bond motifs is 1. The minimum atomic E-state index is -0.375. The van der Waals surface area contributed by atoms with Crippen LogP contribution >= 0.6 is 0 Å². The highest BCUT2D eigenvalue weighted by Crippen LogP contribution is 2.33. The van der Waals surface area contributed by atoms with Crippen LogP contribution in [0.3, 0.4) is 0 Å². The molecule has 1 amide bonds. The summed E-state index contributed by atoms with van der Waals surface area (Å²) in [6, 6.07) is 14.5. The first-order valence-electron chi connectivity index (χ1n) is 11.0. The summed E-state index contributed by atoms with van der Waals surface area (Å²) in [4.78, 5) is 16.7. The van der Waals surface area contributed by atoms with Crippen molar-refractivity contribution in [3.05, 3.63) is 77.2 Å². The van der Waals surface area contributed by atoms with E-state index in [1.165, 1.54) is 6.07 Å². The number of nitrogens with zero attached hydrogens (tertiary/aromatic N) is 2. The van der Waals surface area contributed by atoms with E-state index in [2.05, 4.69) is 31.1 Å². The monoisotopic (exact) mass is 444 g/mol. The van der Waals surface area contributed by atoms with Crippen molar-refractivity contribution < 1.29 is 9.18 Å². The molecule has 0 bridgehead atoms. The molecule has 4 aromatic rings. The Morgan fingerprint density at radius 1 is 1.18 bits per heavy atom. The van der Waals surface area contributed by atoms with E-state index in [4.69, 9.17) is 0 Å². The van der Waals surface area contributed by atoms with Crippen molar-refractivity contribution in [1.29, 1.82) is 0 Å². The maximum absolute atomic E-state index is 15.0. The van der Waals surface area contributed by atoms with E-state index in [9.17, 15) is 9.18 Å². The fourth-order valence-corrected chi connectivity index (χ4v) is 4.11. The molecule has 1 fully saturated rings. The number of aryl methyl sites for hydroxylation is 1. The van der Waals surface area contributed by atoms with Gasteiger partial charge in [0.1, 0.15) is 5.82 Å². The number of carbonyl (C=O) groups is 1. The van der Waals surface area contributed by atoms with E-state index >= 15 is 0 Å². The van der Waals surface area contributed by atoms with Crippen molar-refractivity contribution in [3.8, 4) is 11.1 Å². The SMILES string of the molecule is Cc1ccc(C(=O)NCc2ccc(-c3ccnc4[nH]nc(NC5CCNC5)c34)cc2F)cc1. The Balaban J connectivity index is 1.37. The summed E-state index contributed by atoms with van der Waals surface area (Å²) in [7, 11) is 0. The molecule has 1 aliphatic rings. The average Bonchev–Trinajstić information content (AvgIpc) is 3.49. The van der Waals surface area contributed by atoms with Gasteiger partial charge in [0.15, 0.2) is 11.5 Å². The summed E-state index contributed by atoms with van der Waals surface area (Å²) in [5.74, 6) is 0.112. The van der Waals surface area contributed by atoms with Gasteiger partial charge < -0.3 is 16.0 Å². The van der Waals surface area contributed by atoms with Crippen molar-refractivity contribution >= 4 is 22.8 Å². The molecule has 8 heteroatoms. The molecule has 0 spiro atoms. The zero-order valence-electron chi connectivity index (χ0n) is 18.3. The number of halogens is 1. The molecule has 0 aliphatic carbocycles. The van der Waals surface area contributed by atoms with Crippen molar-refractivity contribution in [2.45, 2.75) is 25.9 Å². The quantitative estimate of drug-likeness (QED) is 0.363. The first kappa shape index (κ1) is 21.1. The first-order valence-corrected chi connectivity index (χ1v) is 11.0. The van der Waals surface area contributed by atoms with Crippen LogP contribution in [0.15, 0.2) is 54.7 Å². The van der Waals surface area contributed by atoms with E-state index in [1.54, 1.807) is 24.4 Å². The minimum absolute atomic E-state index is 0.109. The number of aromatic amines is 1. The summed E-state index contributed by atoms with van der Waals surface area (Å²) in [5, 5.41) is 17.8. The van der Waals surface area contributed by atoms with Crippen molar-refractivity contribution in [1.82, 2.24) is 25.8 Å². The number of hydrogen-bond acceptors (Lipinski definition) is 5. The van der Waals surface area contributed by atoms with Crippen LogP contribution in [0.5, 0.6) is 0 Å². The van der Waals surface area contributed by atoms with Crippen LogP contribution in [0.2, 0.25) is 0 Å². The Hall–Kier alpha value is -3.78. The maximum Gasteiger partial charge on any atom is 0.251 e. The molecule has 1 atom stereocenters. The Kier molecular flexibility index (Phi) is 5.75. The fourth-order valence-electron chi connectivity index (χ4n) is 4.11. The standard InChI is InChI=1S/C25H25FN6O/c1-15-2-4-16(5-3-15)25(33)29-13-18-7-6-17(12-21(18)26)20-9-11-28-23-22(20)24(32-31-23)30-19-8-10-27-14-19/h2-7,9,11-12,19,27H,8,10,13-14H2,1H3,(H,29,33)(H2,28,30,31,32). The molecule has 3 heterocycles. The van der Waals surface area contributed by atoms with Crippen molar-refractivity contribution in [2.24, 2.45) is 0 Å². The van der Waals surface area contributed by atoms with Gasteiger partial charge in [0.25, 0.3) is 5.91 Å². The number of benzene rings is 2. The number of hydrogen-bond donors (Lipinski definition) is 4. The Morgan fingerprint density at radius 2 is 2.03 bits per heavy atom. The lowest BCUT2D eigenvalue weighted by atomic mass is 10.0.